The van der Waals surface area contributed by atoms with Crippen molar-refractivity contribution in [2.24, 2.45) is 0 Å². The quantitative estimate of drug-likeness (QED) is 0.640. The zero-order chi connectivity index (χ0) is 12.4. The maximum atomic E-state index is 11.9. The van der Waals surface area contributed by atoms with Crippen molar-refractivity contribution in [3.05, 3.63) is 12.7 Å². The van der Waals surface area contributed by atoms with Crippen molar-refractivity contribution in [1.82, 2.24) is 4.90 Å². The normalized spacial score (nSPS) is 25.0. The summed E-state index contributed by atoms with van der Waals surface area (Å²) in [5.41, 5.74) is -1.43. The van der Waals surface area contributed by atoms with Crippen LogP contribution in [0.25, 0.3) is 0 Å². The van der Waals surface area contributed by atoms with Crippen LogP contribution < -0.4 is 0 Å². The Kier molecular flexibility index (Phi) is 3.27. The van der Waals surface area contributed by atoms with Crippen LogP contribution in [-0.2, 0) is 4.74 Å². The molecule has 4 heteroatoms. The van der Waals surface area contributed by atoms with Gasteiger partial charge in [0.2, 0.25) is 0 Å². The molecule has 0 N–H and O–H groups in total. The highest BCUT2D eigenvalue weighted by molar-refractivity contribution is 5.71. The molecule has 1 aliphatic rings. The van der Waals surface area contributed by atoms with E-state index in [0.717, 1.165) is 6.42 Å². The van der Waals surface area contributed by atoms with Crippen molar-refractivity contribution in [2.75, 3.05) is 6.54 Å². The molecule has 1 rings (SSSR count). The van der Waals surface area contributed by atoms with Gasteiger partial charge < -0.3 is 4.74 Å². The molecule has 0 aromatic heterocycles. The van der Waals surface area contributed by atoms with E-state index in [1.54, 1.807) is 0 Å². The highest BCUT2D eigenvalue weighted by atomic mass is 16.6. The number of hydrogen-bond acceptors (Lipinski definition) is 3. The van der Waals surface area contributed by atoms with Crippen molar-refractivity contribution in [3.8, 4) is 6.07 Å². The van der Waals surface area contributed by atoms with Gasteiger partial charge in [-0.3, -0.25) is 4.90 Å². The predicted octanol–water partition coefficient (Wildman–Crippen LogP) is 2.47. The fourth-order valence-corrected chi connectivity index (χ4v) is 1.79. The highest BCUT2D eigenvalue weighted by Crippen LogP contribution is 2.31. The van der Waals surface area contributed by atoms with Gasteiger partial charge in [-0.05, 0) is 33.6 Å². The Bertz CT molecular complexity index is 338. The van der Waals surface area contributed by atoms with E-state index < -0.39 is 17.2 Å². The Morgan fingerprint density at radius 2 is 2.25 bits per heavy atom. The average Bonchev–Trinajstić information content (AvgIpc) is 2.59. The standard InChI is InChI=1S/C12H18N2O2/c1-5-12(9-13)7-6-8-14(12)10(15)16-11(2,3)4/h5H,1,6-8H2,2-4H3. The van der Waals surface area contributed by atoms with Crippen LogP contribution >= 0.6 is 0 Å². The second-order valence-corrected chi connectivity index (χ2v) is 4.98. The molecule has 1 amide bonds. The lowest BCUT2D eigenvalue weighted by Crippen LogP contribution is -2.47. The zero-order valence-corrected chi connectivity index (χ0v) is 10.1. The molecule has 0 aromatic carbocycles. The Balaban J connectivity index is 2.84. The van der Waals surface area contributed by atoms with Gasteiger partial charge in [0, 0.05) is 6.54 Å². The lowest BCUT2D eigenvalue weighted by Gasteiger charge is -2.31. The van der Waals surface area contributed by atoms with Crippen LogP contribution in [0.2, 0.25) is 0 Å². The van der Waals surface area contributed by atoms with E-state index in [9.17, 15) is 4.79 Å². The van der Waals surface area contributed by atoms with E-state index in [0.29, 0.717) is 13.0 Å². The molecule has 0 aliphatic carbocycles. The summed E-state index contributed by atoms with van der Waals surface area (Å²) in [6.45, 7) is 9.62. The molecule has 1 heterocycles. The smallest absolute Gasteiger partial charge is 0.411 e. The van der Waals surface area contributed by atoms with Gasteiger partial charge in [0.05, 0.1) is 6.07 Å². The first-order chi connectivity index (χ1) is 7.34. The van der Waals surface area contributed by atoms with E-state index in [1.165, 1.54) is 11.0 Å². The molecule has 88 valence electrons. The molecular weight excluding hydrogens is 204 g/mol. The minimum atomic E-state index is -0.887. The van der Waals surface area contributed by atoms with Crippen molar-refractivity contribution in [3.63, 3.8) is 0 Å². The summed E-state index contributed by atoms with van der Waals surface area (Å²) in [7, 11) is 0. The number of carbonyl (C=O) groups excluding carboxylic acids is 1. The van der Waals surface area contributed by atoms with E-state index in [1.807, 2.05) is 20.8 Å². The summed E-state index contributed by atoms with van der Waals surface area (Å²) in [6, 6.07) is 2.15. The minimum Gasteiger partial charge on any atom is -0.444 e. The minimum absolute atomic E-state index is 0.438. The number of rotatable bonds is 1. The third-order valence-corrected chi connectivity index (χ3v) is 2.57. The third kappa shape index (κ3) is 2.35. The van der Waals surface area contributed by atoms with Gasteiger partial charge in [0.1, 0.15) is 5.60 Å². The van der Waals surface area contributed by atoms with Crippen LogP contribution in [0, 0.1) is 11.3 Å². The summed E-state index contributed by atoms with van der Waals surface area (Å²) < 4.78 is 5.27. The van der Waals surface area contributed by atoms with Crippen LogP contribution in [0.4, 0.5) is 4.79 Å². The molecule has 0 aromatic rings. The lowest BCUT2D eigenvalue weighted by atomic mass is 9.99. The van der Waals surface area contributed by atoms with Crippen molar-refractivity contribution in [1.29, 1.82) is 5.26 Å². The van der Waals surface area contributed by atoms with Gasteiger partial charge in [0.25, 0.3) is 0 Å². The fourth-order valence-electron chi connectivity index (χ4n) is 1.79. The first-order valence-electron chi connectivity index (χ1n) is 5.40. The second-order valence-electron chi connectivity index (χ2n) is 4.98. The van der Waals surface area contributed by atoms with Gasteiger partial charge in [-0.2, -0.15) is 5.26 Å². The van der Waals surface area contributed by atoms with E-state index in [-0.39, 0.29) is 0 Å². The zero-order valence-electron chi connectivity index (χ0n) is 10.1. The van der Waals surface area contributed by atoms with E-state index in [4.69, 9.17) is 10.00 Å². The molecule has 0 radical (unpaired) electrons. The molecule has 1 atom stereocenters. The lowest BCUT2D eigenvalue weighted by molar-refractivity contribution is 0.0204. The summed E-state index contributed by atoms with van der Waals surface area (Å²) in [5.74, 6) is 0. The maximum absolute atomic E-state index is 11.9. The number of ether oxygens (including phenoxy) is 1. The van der Waals surface area contributed by atoms with Crippen LogP contribution in [0.5, 0.6) is 0 Å². The first-order valence-corrected chi connectivity index (χ1v) is 5.40. The number of hydrogen-bond donors (Lipinski definition) is 0. The van der Waals surface area contributed by atoms with Gasteiger partial charge in [-0.15, -0.1) is 0 Å². The van der Waals surface area contributed by atoms with Crippen LogP contribution in [0.3, 0.4) is 0 Å². The monoisotopic (exact) mass is 222 g/mol. The van der Waals surface area contributed by atoms with Crippen molar-refractivity contribution in [2.45, 2.75) is 44.8 Å². The fraction of sp³-hybridized carbons (Fsp3) is 0.667. The third-order valence-electron chi connectivity index (χ3n) is 2.57. The van der Waals surface area contributed by atoms with Gasteiger partial charge in [-0.1, -0.05) is 12.7 Å². The van der Waals surface area contributed by atoms with Gasteiger partial charge in [0.15, 0.2) is 5.54 Å². The number of nitriles is 1. The maximum Gasteiger partial charge on any atom is 0.411 e. The number of amides is 1. The van der Waals surface area contributed by atoms with Crippen molar-refractivity contribution < 1.29 is 9.53 Å². The molecule has 0 spiro atoms. The Labute approximate surface area is 96.5 Å². The summed E-state index contributed by atoms with van der Waals surface area (Å²) >= 11 is 0. The Morgan fingerprint density at radius 3 is 2.69 bits per heavy atom. The summed E-state index contributed by atoms with van der Waals surface area (Å²) in [5, 5.41) is 9.16. The molecule has 0 saturated carbocycles. The molecule has 1 unspecified atom stereocenters. The average molecular weight is 222 g/mol. The first kappa shape index (κ1) is 12.6. The molecule has 1 fully saturated rings. The number of likely N-dealkylation sites (tertiary alicyclic amines) is 1. The molecule has 0 bridgehead atoms. The van der Waals surface area contributed by atoms with E-state index >= 15 is 0 Å². The largest absolute Gasteiger partial charge is 0.444 e. The predicted molar refractivity (Wildman–Crippen MR) is 60.7 cm³/mol. The second kappa shape index (κ2) is 4.17. The topological polar surface area (TPSA) is 53.3 Å². The van der Waals surface area contributed by atoms with Gasteiger partial charge in [-0.25, -0.2) is 4.79 Å². The molecule has 1 saturated heterocycles. The SMILES string of the molecule is C=CC1(C#N)CCCN1C(=O)OC(C)(C)C. The number of carbonyl (C=O) groups is 1. The highest BCUT2D eigenvalue weighted by Gasteiger charge is 2.43. The van der Waals surface area contributed by atoms with Crippen LogP contribution in [0.1, 0.15) is 33.6 Å². The molecule has 16 heavy (non-hydrogen) atoms. The Hall–Kier alpha value is -1.50. The van der Waals surface area contributed by atoms with Gasteiger partial charge >= 0.3 is 6.09 Å². The molecular formula is C12H18N2O2. The molecule has 4 nitrogen and oxygen atoms in total. The van der Waals surface area contributed by atoms with Crippen LogP contribution in [0.15, 0.2) is 12.7 Å². The van der Waals surface area contributed by atoms with Crippen LogP contribution in [-0.4, -0.2) is 28.7 Å². The van der Waals surface area contributed by atoms with E-state index in [2.05, 4.69) is 12.6 Å². The Morgan fingerprint density at radius 1 is 1.62 bits per heavy atom. The molecule has 1 aliphatic heterocycles. The summed E-state index contributed by atoms with van der Waals surface area (Å²) in [4.78, 5) is 13.4. The summed E-state index contributed by atoms with van der Waals surface area (Å²) in [6.07, 6.45) is 2.53. The number of nitrogens with zero attached hydrogens (tertiary/aromatic N) is 2. The van der Waals surface area contributed by atoms with Crippen molar-refractivity contribution >= 4 is 6.09 Å².